The minimum absolute atomic E-state index is 0.164. The van der Waals surface area contributed by atoms with Crippen molar-refractivity contribution in [2.24, 2.45) is 0 Å². The highest BCUT2D eigenvalue weighted by atomic mass is 16.5. The topological polar surface area (TPSA) is 82.7 Å². The van der Waals surface area contributed by atoms with Gasteiger partial charge in [-0.3, -0.25) is 14.7 Å². The molecule has 1 N–H and O–H groups in total. The number of hydrogen-bond acceptors (Lipinski definition) is 6. The molecule has 2 aromatic rings. The van der Waals surface area contributed by atoms with Crippen molar-refractivity contribution in [2.45, 2.75) is 44.2 Å². The molecular formula is C20H26N4O3. The van der Waals surface area contributed by atoms with Crippen LogP contribution in [0.1, 0.15) is 53.4 Å². The molecule has 0 aromatic carbocycles. The van der Waals surface area contributed by atoms with Crippen molar-refractivity contribution in [3.05, 3.63) is 47.6 Å². The van der Waals surface area contributed by atoms with Gasteiger partial charge in [-0.25, -0.2) is 0 Å². The average Bonchev–Trinajstić information content (AvgIpc) is 3.19. The van der Waals surface area contributed by atoms with E-state index < -0.39 is 6.10 Å². The monoisotopic (exact) mass is 370 g/mol. The number of amides is 1. The van der Waals surface area contributed by atoms with Crippen LogP contribution >= 0.6 is 0 Å². The number of β-amino-alcohol motifs (C(OH)–C–C–N with tert-alkyl or cyclic N) is 1. The van der Waals surface area contributed by atoms with Gasteiger partial charge in [-0.1, -0.05) is 5.16 Å². The van der Waals surface area contributed by atoms with Gasteiger partial charge in [0.15, 0.2) is 0 Å². The second-order valence-electron chi connectivity index (χ2n) is 7.57. The van der Waals surface area contributed by atoms with Gasteiger partial charge in [0.2, 0.25) is 5.76 Å². The maximum atomic E-state index is 12.6. The Bertz CT molecular complexity index is 756. The van der Waals surface area contributed by atoms with Crippen LogP contribution in [0.5, 0.6) is 0 Å². The average molecular weight is 370 g/mol. The zero-order chi connectivity index (χ0) is 18.6. The maximum absolute atomic E-state index is 12.6. The molecule has 1 amide bonds. The summed E-state index contributed by atoms with van der Waals surface area (Å²) in [5.41, 5.74) is 2.15. The van der Waals surface area contributed by atoms with Gasteiger partial charge in [0.1, 0.15) is 0 Å². The second-order valence-corrected chi connectivity index (χ2v) is 7.57. The molecule has 27 heavy (non-hydrogen) atoms. The van der Waals surface area contributed by atoms with Crippen LogP contribution in [0.4, 0.5) is 0 Å². The third-order valence-electron chi connectivity index (χ3n) is 5.58. The van der Waals surface area contributed by atoms with E-state index in [1.807, 2.05) is 12.4 Å². The summed E-state index contributed by atoms with van der Waals surface area (Å²) < 4.78 is 5.35. The zero-order valence-corrected chi connectivity index (χ0v) is 15.5. The predicted octanol–water partition coefficient (Wildman–Crippen LogP) is 2.05. The Morgan fingerprint density at radius 3 is 2.70 bits per heavy atom. The number of piperidine rings is 2. The summed E-state index contributed by atoms with van der Waals surface area (Å²) in [6.45, 7) is 3.99. The molecule has 0 bridgehead atoms. The van der Waals surface area contributed by atoms with Gasteiger partial charge < -0.3 is 14.5 Å². The molecule has 7 heteroatoms. The van der Waals surface area contributed by atoms with Gasteiger partial charge in [-0.2, -0.15) is 0 Å². The third kappa shape index (κ3) is 4.36. The summed E-state index contributed by atoms with van der Waals surface area (Å²) in [4.78, 5) is 20.7. The number of carbonyl (C=O) groups excluding carboxylic acids is 1. The number of aliphatic hydroxyl groups is 1. The highest BCUT2D eigenvalue weighted by Gasteiger charge is 2.28. The Balaban J connectivity index is 1.32. The Hall–Kier alpha value is -2.25. The van der Waals surface area contributed by atoms with Crippen molar-refractivity contribution in [3.63, 3.8) is 0 Å². The fourth-order valence-corrected chi connectivity index (χ4v) is 4.01. The molecule has 0 spiro atoms. The number of nitrogens with zero attached hydrogens (tertiary/aromatic N) is 4. The summed E-state index contributed by atoms with van der Waals surface area (Å²) in [7, 11) is 0. The quantitative estimate of drug-likeness (QED) is 0.887. The van der Waals surface area contributed by atoms with Crippen LogP contribution < -0.4 is 0 Å². The van der Waals surface area contributed by atoms with Crippen molar-refractivity contribution in [1.29, 1.82) is 0 Å². The smallest absolute Gasteiger partial charge is 0.292 e. The van der Waals surface area contributed by atoms with Crippen LogP contribution in [0, 0.1) is 0 Å². The van der Waals surface area contributed by atoms with E-state index in [1.165, 1.54) is 5.56 Å². The van der Waals surface area contributed by atoms with Crippen LogP contribution in [0.15, 0.2) is 35.1 Å². The van der Waals surface area contributed by atoms with E-state index in [2.05, 4.69) is 27.2 Å². The lowest BCUT2D eigenvalue weighted by Gasteiger charge is -2.31. The highest BCUT2D eigenvalue weighted by Crippen LogP contribution is 2.29. The fourth-order valence-electron chi connectivity index (χ4n) is 4.01. The molecule has 4 rings (SSSR count). The molecular weight excluding hydrogens is 344 g/mol. The number of aromatic nitrogens is 2. The van der Waals surface area contributed by atoms with Gasteiger partial charge in [-0.05, 0) is 56.5 Å². The van der Waals surface area contributed by atoms with E-state index in [9.17, 15) is 9.90 Å². The summed E-state index contributed by atoms with van der Waals surface area (Å²) in [6, 6.07) is 5.91. The van der Waals surface area contributed by atoms with Crippen LogP contribution in [0.25, 0.3) is 0 Å². The number of carbonyl (C=O) groups is 1. The molecule has 2 saturated heterocycles. The first kappa shape index (κ1) is 18.1. The number of pyridine rings is 1. The van der Waals surface area contributed by atoms with E-state index in [0.717, 1.165) is 51.0 Å². The second kappa shape index (κ2) is 8.19. The summed E-state index contributed by atoms with van der Waals surface area (Å²) >= 11 is 0. The molecule has 0 aliphatic carbocycles. The molecule has 7 nitrogen and oxygen atoms in total. The van der Waals surface area contributed by atoms with Gasteiger partial charge in [0.25, 0.3) is 5.91 Å². The first-order chi connectivity index (χ1) is 13.2. The molecule has 0 saturated carbocycles. The van der Waals surface area contributed by atoms with Crippen LogP contribution in [0.3, 0.4) is 0 Å². The molecule has 2 aromatic heterocycles. The van der Waals surface area contributed by atoms with Gasteiger partial charge in [0, 0.05) is 44.0 Å². The van der Waals surface area contributed by atoms with E-state index in [0.29, 0.717) is 24.8 Å². The molecule has 1 atom stereocenters. The zero-order valence-electron chi connectivity index (χ0n) is 15.5. The first-order valence-electron chi connectivity index (χ1n) is 9.74. The number of aliphatic hydroxyl groups excluding tert-OH is 1. The third-order valence-corrected chi connectivity index (χ3v) is 5.58. The van der Waals surface area contributed by atoms with Crippen LogP contribution in [-0.4, -0.2) is 63.2 Å². The molecule has 144 valence electrons. The molecule has 2 fully saturated rings. The van der Waals surface area contributed by atoms with E-state index in [4.69, 9.17) is 4.52 Å². The van der Waals surface area contributed by atoms with Crippen molar-refractivity contribution in [1.82, 2.24) is 19.9 Å². The number of rotatable bonds is 4. The largest absolute Gasteiger partial charge is 0.391 e. The predicted molar refractivity (Wildman–Crippen MR) is 99.1 cm³/mol. The van der Waals surface area contributed by atoms with Gasteiger partial charge >= 0.3 is 0 Å². The summed E-state index contributed by atoms with van der Waals surface area (Å²) in [5.74, 6) is 0.455. The van der Waals surface area contributed by atoms with Crippen molar-refractivity contribution < 1.29 is 14.4 Å². The summed E-state index contributed by atoms with van der Waals surface area (Å²) in [5, 5.41) is 13.9. The van der Waals surface area contributed by atoms with E-state index in [-0.39, 0.29) is 5.91 Å². The minimum Gasteiger partial charge on any atom is -0.391 e. The van der Waals surface area contributed by atoms with Gasteiger partial charge in [-0.15, -0.1) is 0 Å². The molecule has 2 aliphatic heterocycles. The molecule has 0 radical (unpaired) electrons. The maximum Gasteiger partial charge on any atom is 0.292 e. The Morgan fingerprint density at radius 2 is 1.96 bits per heavy atom. The SMILES string of the molecule is O=C(c1cc(C2CCN(Cc3ccncc3)CC2)no1)N1CCC[C@H](O)C1. The Morgan fingerprint density at radius 1 is 1.19 bits per heavy atom. The van der Waals surface area contributed by atoms with Crippen molar-refractivity contribution in [2.75, 3.05) is 26.2 Å². The van der Waals surface area contributed by atoms with Crippen molar-refractivity contribution in [3.8, 4) is 0 Å². The van der Waals surface area contributed by atoms with E-state index >= 15 is 0 Å². The Kier molecular flexibility index (Phi) is 5.50. The standard InChI is InChI=1S/C20H26N4O3/c25-17-2-1-9-24(14-17)20(26)19-12-18(22-27-19)16-5-10-23(11-6-16)13-15-3-7-21-8-4-15/h3-4,7-8,12,16-17,25H,1-2,5-6,9-11,13-14H2/t17-/m0/s1. The highest BCUT2D eigenvalue weighted by molar-refractivity contribution is 5.91. The normalized spacial score (nSPS) is 22.1. The molecule has 2 aliphatic rings. The van der Waals surface area contributed by atoms with Crippen LogP contribution in [-0.2, 0) is 6.54 Å². The van der Waals surface area contributed by atoms with Gasteiger partial charge in [0.05, 0.1) is 11.8 Å². The lowest BCUT2D eigenvalue weighted by Crippen LogP contribution is -2.42. The number of hydrogen-bond donors (Lipinski definition) is 1. The van der Waals surface area contributed by atoms with E-state index in [1.54, 1.807) is 11.0 Å². The summed E-state index contributed by atoms with van der Waals surface area (Å²) in [6.07, 6.45) is 6.82. The number of likely N-dealkylation sites (tertiary alicyclic amines) is 2. The first-order valence-corrected chi connectivity index (χ1v) is 9.74. The lowest BCUT2D eigenvalue weighted by atomic mass is 9.93. The lowest BCUT2D eigenvalue weighted by molar-refractivity contribution is 0.0441. The molecule has 0 unspecified atom stereocenters. The fraction of sp³-hybridized carbons (Fsp3) is 0.550. The van der Waals surface area contributed by atoms with Crippen LogP contribution in [0.2, 0.25) is 0 Å². The minimum atomic E-state index is -0.435. The van der Waals surface area contributed by atoms with Crippen molar-refractivity contribution >= 4 is 5.91 Å². The Labute approximate surface area is 159 Å². The molecule has 4 heterocycles.